The number of hydrogen-bond donors (Lipinski definition) is 2. The van der Waals surface area contributed by atoms with Crippen LogP contribution >= 0.6 is 0 Å². The van der Waals surface area contributed by atoms with Crippen molar-refractivity contribution < 1.29 is 9.45 Å². The third-order valence-electron chi connectivity index (χ3n) is 2.89. The van der Waals surface area contributed by atoms with Crippen molar-refractivity contribution in [2.45, 2.75) is 13.8 Å². The molecule has 2 rings (SSSR count). The van der Waals surface area contributed by atoms with Gasteiger partial charge in [0.05, 0.1) is 10.6 Å². The molecular weight excluding hydrogens is 262 g/mol. The topological polar surface area (TPSA) is 134 Å². The number of nitrogens with zero attached hydrogens (tertiary/aromatic N) is 3. The molecule has 8 nitrogen and oxygen atoms in total. The molecule has 0 radical (unpaired) electrons. The minimum Gasteiger partial charge on any atom is -0.382 e. The minimum atomic E-state index is -0.505. The monoisotopic (exact) mass is 275 g/mol. The number of hydrogen-bond acceptors (Lipinski definition) is 6. The van der Waals surface area contributed by atoms with Crippen LogP contribution in [0.5, 0.6) is 0 Å². The average molecular weight is 275 g/mol. The Kier molecular flexibility index (Phi) is 3.38. The normalized spacial score (nSPS) is 11.6. The summed E-state index contributed by atoms with van der Waals surface area (Å²) in [5.41, 5.74) is 7.80. The third kappa shape index (κ3) is 2.30. The Balaban J connectivity index is 2.70. The first-order valence-electron chi connectivity index (χ1n) is 5.70. The predicted molar refractivity (Wildman–Crippen MR) is 73.0 cm³/mol. The Morgan fingerprint density at radius 3 is 2.60 bits per heavy atom. The summed E-state index contributed by atoms with van der Waals surface area (Å²) in [6, 6.07) is 4.40. The molecule has 1 heterocycles. The number of nitrogens with two attached hydrogens (primary N) is 2. The van der Waals surface area contributed by atoms with Crippen molar-refractivity contribution in [1.82, 2.24) is 5.16 Å². The molecule has 8 heteroatoms. The van der Waals surface area contributed by atoms with E-state index in [1.807, 2.05) is 0 Å². The first-order valence-corrected chi connectivity index (χ1v) is 5.70. The molecule has 0 aliphatic heterocycles. The predicted octanol–water partition coefficient (Wildman–Crippen LogP) is 1.45. The van der Waals surface area contributed by atoms with Crippen molar-refractivity contribution in [3.63, 3.8) is 0 Å². The van der Waals surface area contributed by atoms with Gasteiger partial charge in [0.25, 0.3) is 5.69 Å². The van der Waals surface area contributed by atoms with E-state index < -0.39 is 4.92 Å². The molecule has 1 aromatic heterocycles. The van der Waals surface area contributed by atoms with E-state index in [-0.39, 0.29) is 11.5 Å². The highest BCUT2D eigenvalue weighted by Crippen LogP contribution is 2.30. The SMILES string of the molecule is Cc1noc(C)c1-c1cc(/C(N)=N/N)cc([N+](=O)[O-])c1. The number of non-ortho nitro benzene ring substituents is 1. The van der Waals surface area contributed by atoms with Crippen LogP contribution in [0.25, 0.3) is 11.1 Å². The molecule has 0 atom stereocenters. The lowest BCUT2D eigenvalue weighted by molar-refractivity contribution is -0.384. The molecule has 0 bridgehead atoms. The number of rotatable bonds is 3. The van der Waals surface area contributed by atoms with Crippen LogP contribution in [0.1, 0.15) is 17.0 Å². The van der Waals surface area contributed by atoms with Gasteiger partial charge in [-0.05, 0) is 25.5 Å². The minimum absolute atomic E-state index is 0.0155. The maximum Gasteiger partial charge on any atom is 0.270 e. The second-order valence-corrected chi connectivity index (χ2v) is 4.24. The lowest BCUT2D eigenvalue weighted by atomic mass is 10.0. The first-order chi connectivity index (χ1) is 9.43. The summed E-state index contributed by atoms with van der Waals surface area (Å²) >= 11 is 0. The highest BCUT2D eigenvalue weighted by molar-refractivity contribution is 5.99. The maximum atomic E-state index is 11.0. The van der Waals surface area contributed by atoms with Gasteiger partial charge in [0.15, 0.2) is 5.84 Å². The molecule has 0 aliphatic rings. The van der Waals surface area contributed by atoms with Crippen LogP contribution in [0.2, 0.25) is 0 Å². The van der Waals surface area contributed by atoms with Gasteiger partial charge in [0, 0.05) is 23.3 Å². The molecule has 0 saturated heterocycles. The van der Waals surface area contributed by atoms with Gasteiger partial charge < -0.3 is 16.1 Å². The fourth-order valence-corrected chi connectivity index (χ4v) is 1.98. The Morgan fingerprint density at radius 2 is 2.10 bits per heavy atom. The Bertz CT molecular complexity index is 686. The molecule has 104 valence electrons. The zero-order chi connectivity index (χ0) is 14.9. The summed E-state index contributed by atoms with van der Waals surface area (Å²) < 4.78 is 5.07. The standard InChI is InChI=1S/C12H13N5O3/c1-6-11(7(2)20-16-6)8-3-9(12(13)15-14)5-10(4-8)17(18)19/h3-5H,14H2,1-2H3,(H2,13,15). The van der Waals surface area contributed by atoms with E-state index in [9.17, 15) is 10.1 Å². The summed E-state index contributed by atoms with van der Waals surface area (Å²) in [5, 5.41) is 18.2. The van der Waals surface area contributed by atoms with E-state index in [1.165, 1.54) is 12.1 Å². The van der Waals surface area contributed by atoms with Crippen LogP contribution < -0.4 is 11.6 Å². The maximum absolute atomic E-state index is 11.0. The zero-order valence-corrected chi connectivity index (χ0v) is 11.0. The largest absolute Gasteiger partial charge is 0.382 e. The summed E-state index contributed by atoms with van der Waals surface area (Å²) in [6.07, 6.45) is 0. The van der Waals surface area contributed by atoms with Gasteiger partial charge >= 0.3 is 0 Å². The van der Waals surface area contributed by atoms with Gasteiger partial charge in [-0.2, -0.15) is 5.10 Å². The Hall–Kier alpha value is -2.90. The number of aromatic nitrogens is 1. The molecule has 2 aromatic rings. The molecule has 0 saturated carbocycles. The summed E-state index contributed by atoms with van der Waals surface area (Å²) in [5.74, 6) is 5.70. The van der Waals surface area contributed by atoms with Crippen LogP contribution in [0.4, 0.5) is 5.69 Å². The van der Waals surface area contributed by atoms with Gasteiger partial charge in [0.1, 0.15) is 5.76 Å². The smallest absolute Gasteiger partial charge is 0.270 e. The first kappa shape index (κ1) is 13.5. The quantitative estimate of drug-likeness (QED) is 0.286. The van der Waals surface area contributed by atoms with Crippen molar-refractivity contribution in [1.29, 1.82) is 0 Å². The molecule has 0 fully saturated rings. The van der Waals surface area contributed by atoms with Crippen molar-refractivity contribution in [3.05, 3.63) is 45.3 Å². The Morgan fingerprint density at radius 1 is 1.40 bits per heavy atom. The lowest BCUT2D eigenvalue weighted by Gasteiger charge is -2.05. The summed E-state index contributed by atoms with van der Waals surface area (Å²) in [4.78, 5) is 10.5. The van der Waals surface area contributed by atoms with E-state index in [0.717, 1.165) is 0 Å². The van der Waals surface area contributed by atoms with Crippen molar-refractivity contribution >= 4 is 11.5 Å². The zero-order valence-electron chi connectivity index (χ0n) is 11.0. The Labute approximate surface area is 114 Å². The number of amidine groups is 1. The van der Waals surface area contributed by atoms with Crippen LogP contribution in [0.3, 0.4) is 0 Å². The van der Waals surface area contributed by atoms with Crippen LogP contribution in [-0.4, -0.2) is 15.9 Å². The molecular formula is C12H13N5O3. The molecule has 0 aliphatic carbocycles. The molecule has 0 unspecified atom stereocenters. The second-order valence-electron chi connectivity index (χ2n) is 4.24. The third-order valence-corrected chi connectivity index (χ3v) is 2.89. The second kappa shape index (κ2) is 5.00. The van der Waals surface area contributed by atoms with E-state index >= 15 is 0 Å². The van der Waals surface area contributed by atoms with E-state index in [1.54, 1.807) is 19.9 Å². The molecule has 1 aromatic carbocycles. The van der Waals surface area contributed by atoms with Gasteiger partial charge in [-0.1, -0.05) is 5.16 Å². The van der Waals surface area contributed by atoms with Crippen molar-refractivity contribution in [2.24, 2.45) is 16.7 Å². The number of benzene rings is 1. The van der Waals surface area contributed by atoms with Crippen LogP contribution in [0, 0.1) is 24.0 Å². The van der Waals surface area contributed by atoms with Crippen molar-refractivity contribution in [2.75, 3.05) is 0 Å². The number of hydrazone groups is 1. The van der Waals surface area contributed by atoms with Gasteiger partial charge in [0.2, 0.25) is 0 Å². The van der Waals surface area contributed by atoms with E-state index in [0.29, 0.717) is 28.1 Å². The van der Waals surface area contributed by atoms with E-state index in [4.69, 9.17) is 16.1 Å². The number of aryl methyl sites for hydroxylation is 2. The lowest BCUT2D eigenvalue weighted by Crippen LogP contribution is -2.15. The molecule has 0 amide bonds. The molecule has 4 N–H and O–H groups in total. The van der Waals surface area contributed by atoms with Gasteiger partial charge in [-0.25, -0.2) is 0 Å². The fourth-order valence-electron chi connectivity index (χ4n) is 1.98. The number of nitro benzene ring substituents is 1. The molecule has 0 spiro atoms. The highest BCUT2D eigenvalue weighted by atomic mass is 16.6. The van der Waals surface area contributed by atoms with Crippen molar-refractivity contribution in [3.8, 4) is 11.1 Å². The van der Waals surface area contributed by atoms with Gasteiger partial charge in [-0.3, -0.25) is 10.1 Å². The summed E-state index contributed by atoms with van der Waals surface area (Å²) in [7, 11) is 0. The molecule has 20 heavy (non-hydrogen) atoms. The average Bonchev–Trinajstić information content (AvgIpc) is 2.76. The summed E-state index contributed by atoms with van der Waals surface area (Å²) in [6.45, 7) is 3.49. The van der Waals surface area contributed by atoms with E-state index in [2.05, 4.69) is 10.3 Å². The highest BCUT2D eigenvalue weighted by Gasteiger charge is 2.17. The van der Waals surface area contributed by atoms with Crippen LogP contribution in [0.15, 0.2) is 27.8 Å². The fraction of sp³-hybridized carbons (Fsp3) is 0.167. The number of nitro groups is 1. The van der Waals surface area contributed by atoms with Crippen LogP contribution in [-0.2, 0) is 0 Å². The van der Waals surface area contributed by atoms with Gasteiger partial charge in [-0.15, -0.1) is 0 Å².